The number of nitrogens with zero attached hydrogens (tertiary/aromatic N) is 3. The van der Waals surface area contributed by atoms with Gasteiger partial charge in [-0.1, -0.05) is 24.3 Å². The summed E-state index contributed by atoms with van der Waals surface area (Å²) in [5, 5.41) is 17.5. The fraction of sp³-hybridized carbons (Fsp3) is 0.381. The lowest BCUT2D eigenvalue weighted by Gasteiger charge is -2.22. The number of anilines is 1. The van der Waals surface area contributed by atoms with Gasteiger partial charge in [0.25, 0.3) is 5.69 Å². The molecule has 3 rings (SSSR count). The third-order valence-corrected chi connectivity index (χ3v) is 4.87. The molecule has 9 heteroatoms. The summed E-state index contributed by atoms with van der Waals surface area (Å²) in [6.07, 6.45) is 1.000. The number of rotatable bonds is 7. The third-order valence-electron chi connectivity index (χ3n) is 4.87. The van der Waals surface area contributed by atoms with Crippen LogP contribution in [-0.2, 0) is 6.54 Å². The Bertz CT molecular complexity index is 860. The number of halogens is 1. The number of nitrogens with one attached hydrogen (secondary N) is 2. The SMILES string of the molecule is CCNC(=NCc1ccc([N+](=O)[O-])cc1)NC1CCN(c2ccccc2OC)C1.I. The molecule has 162 valence electrons. The van der Waals surface area contributed by atoms with Crippen molar-refractivity contribution in [3.8, 4) is 5.75 Å². The maximum atomic E-state index is 10.8. The number of guanidine groups is 1. The minimum Gasteiger partial charge on any atom is -0.495 e. The number of nitro groups is 1. The Labute approximate surface area is 193 Å². The first-order valence-electron chi connectivity index (χ1n) is 9.77. The average molecular weight is 525 g/mol. The van der Waals surface area contributed by atoms with E-state index in [0.717, 1.165) is 49.0 Å². The number of aliphatic imine (C=N–C) groups is 1. The van der Waals surface area contributed by atoms with Crippen LogP contribution in [0.3, 0.4) is 0 Å². The normalized spacial score (nSPS) is 16.0. The van der Waals surface area contributed by atoms with Gasteiger partial charge < -0.3 is 20.3 Å². The van der Waals surface area contributed by atoms with Crippen LogP contribution < -0.4 is 20.3 Å². The van der Waals surface area contributed by atoms with Crippen LogP contribution in [0.5, 0.6) is 5.75 Å². The number of non-ortho nitro benzene ring substituents is 1. The summed E-state index contributed by atoms with van der Waals surface area (Å²) < 4.78 is 5.48. The van der Waals surface area contributed by atoms with E-state index in [1.54, 1.807) is 19.2 Å². The van der Waals surface area contributed by atoms with E-state index in [1.807, 2.05) is 25.1 Å². The Kier molecular flexibility index (Phi) is 9.15. The number of hydrogen-bond donors (Lipinski definition) is 2. The largest absolute Gasteiger partial charge is 0.495 e. The van der Waals surface area contributed by atoms with Gasteiger partial charge in [0.1, 0.15) is 5.75 Å². The first-order valence-corrected chi connectivity index (χ1v) is 9.77. The Morgan fingerprint density at radius 2 is 2.00 bits per heavy atom. The molecule has 1 atom stereocenters. The van der Waals surface area contributed by atoms with Crippen molar-refractivity contribution in [3.05, 3.63) is 64.2 Å². The molecule has 1 fully saturated rings. The van der Waals surface area contributed by atoms with Crippen LogP contribution in [0.15, 0.2) is 53.5 Å². The summed E-state index contributed by atoms with van der Waals surface area (Å²) in [5.74, 6) is 1.63. The van der Waals surface area contributed by atoms with Crippen molar-refractivity contribution in [1.29, 1.82) is 0 Å². The van der Waals surface area contributed by atoms with E-state index in [1.165, 1.54) is 12.1 Å². The fourth-order valence-corrected chi connectivity index (χ4v) is 3.39. The zero-order valence-corrected chi connectivity index (χ0v) is 19.5. The Morgan fingerprint density at radius 1 is 1.27 bits per heavy atom. The molecule has 2 aromatic carbocycles. The number of para-hydroxylation sites is 2. The Morgan fingerprint density at radius 3 is 2.67 bits per heavy atom. The zero-order chi connectivity index (χ0) is 20.6. The first-order chi connectivity index (χ1) is 14.1. The fourth-order valence-electron chi connectivity index (χ4n) is 3.39. The van der Waals surface area contributed by atoms with Crippen molar-refractivity contribution >= 4 is 41.3 Å². The standard InChI is InChI=1S/C21H27N5O3.HI/c1-3-22-21(23-14-16-8-10-18(11-9-16)26(27)28)24-17-12-13-25(15-17)19-6-4-5-7-20(19)29-2;/h4-11,17H,3,12-15H2,1-2H3,(H2,22,23,24);1H. The van der Waals surface area contributed by atoms with E-state index in [0.29, 0.717) is 6.54 Å². The van der Waals surface area contributed by atoms with Gasteiger partial charge in [0, 0.05) is 37.8 Å². The second kappa shape index (κ2) is 11.6. The lowest BCUT2D eigenvalue weighted by molar-refractivity contribution is -0.384. The molecule has 0 aromatic heterocycles. The predicted octanol–water partition coefficient (Wildman–Crippen LogP) is 3.56. The van der Waals surface area contributed by atoms with Crippen LogP contribution >= 0.6 is 24.0 Å². The van der Waals surface area contributed by atoms with E-state index in [-0.39, 0.29) is 35.7 Å². The zero-order valence-electron chi connectivity index (χ0n) is 17.2. The van der Waals surface area contributed by atoms with Crippen molar-refractivity contribution in [2.24, 2.45) is 4.99 Å². The maximum Gasteiger partial charge on any atom is 0.269 e. The van der Waals surface area contributed by atoms with E-state index in [9.17, 15) is 10.1 Å². The van der Waals surface area contributed by atoms with Crippen LogP contribution in [0.2, 0.25) is 0 Å². The quantitative estimate of drug-likeness (QED) is 0.189. The van der Waals surface area contributed by atoms with Gasteiger partial charge in [-0.05, 0) is 31.0 Å². The highest BCUT2D eigenvalue weighted by molar-refractivity contribution is 14.0. The van der Waals surface area contributed by atoms with Crippen LogP contribution in [0.4, 0.5) is 11.4 Å². The van der Waals surface area contributed by atoms with Crippen molar-refractivity contribution in [2.75, 3.05) is 31.6 Å². The van der Waals surface area contributed by atoms with Crippen molar-refractivity contribution in [3.63, 3.8) is 0 Å². The van der Waals surface area contributed by atoms with Gasteiger partial charge in [-0.25, -0.2) is 4.99 Å². The van der Waals surface area contributed by atoms with Crippen LogP contribution in [0, 0.1) is 10.1 Å². The molecule has 1 aliphatic rings. The second-order valence-corrected chi connectivity index (χ2v) is 6.87. The van der Waals surface area contributed by atoms with Gasteiger partial charge in [-0.3, -0.25) is 10.1 Å². The van der Waals surface area contributed by atoms with Gasteiger partial charge in [0.15, 0.2) is 5.96 Å². The summed E-state index contributed by atoms with van der Waals surface area (Å²) in [6, 6.07) is 14.8. The summed E-state index contributed by atoms with van der Waals surface area (Å²) in [7, 11) is 1.69. The van der Waals surface area contributed by atoms with Crippen LogP contribution in [0.25, 0.3) is 0 Å². The summed E-state index contributed by atoms with van der Waals surface area (Å²) in [6.45, 7) is 5.05. The highest BCUT2D eigenvalue weighted by Gasteiger charge is 2.25. The highest BCUT2D eigenvalue weighted by Crippen LogP contribution is 2.30. The molecule has 0 radical (unpaired) electrons. The van der Waals surface area contributed by atoms with Gasteiger partial charge in [0.05, 0.1) is 24.3 Å². The minimum atomic E-state index is -0.397. The van der Waals surface area contributed by atoms with Crippen LogP contribution in [-0.4, -0.2) is 43.7 Å². The molecule has 2 N–H and O–H groups in total. The molecule has 0 aliphatic carbocycles. The molecular formula is C21H28IN5O3. The van der Waals surface area contributed by atoms with E-state index in [2.05, 4.69) is 26.6 Å². The van der Waals surface area contributed by atoms with Crippen molar-refractivity contribution in [2.45, 2.75) is 25.9 Å². The molecule has 1 aliphatic heterocycles. The predicted molar refractivity (Wildman–Crippen MR) is 130 cm³/mol. The average Bonchev–Trinajstić information content (AvgIpc) is 3.20. The molecular weight excluding hydrogens is 497 g/mol. The van der Waals surface area contributed by atoms with Gasteiger partial charge in [0.2, 0.25) is 0 Å². The lowest BCUT2D eigenvalue weighted by Crippen LogP contribution is -2.44. The van der Waals surface area contributed by atoms with E-state index >= 15 is 0 Å². The lowest BCUT2D eigenvalue weighted by atomic mass is 10.2. The number of benzene rings is 2. The van der Waals surface area contributed by atoms with Gasteiger partial charge >= 0.3 is 0 Å². The van der Waals surface area contributed by atoms with Gasteiger partial charge in [-0.15, -0.1) is 24.0 Å². The number of ether oxygens (including phenoxy) is 1. The molecule has 1 unspecified atom stereocenters. The summed E-state index contributed by atoms with van der Waals surface area (Å²) in [4.78, 5) is 17.3. The number of methoxy groups -OCH3 is 1. The molecule has 2 aromatic rings. The van der Waals surface area contributed by atoms with Gasteiger partial charge in [-0.2, -0.15) is 0 Å². The molecule has 30 heavy (non-hydrogen) atoms. The monoisotopic (exact) mass is 525 g/mol. The van der Waals surface area contributed by atoms with Crippen molar-refractivity contribution < 1.29 is 9.66 Å². The Hall–Kier alpha value is -2.56. The minimum absolute atomic E-state index is 0. The first kappa shape index (κ1) is 23.7. The van der Waals surface area contributed by atoms with E-state index in [4.69, 9.17) is 4.74 Å². The summed E-state index contributed by atoms with van der Waals surface area (Å²) in [5.41, 5.74) is 2.12. The molecule has 1 heterocycles. The molecule has 0 amide bonds. The summed E-state index contributed by atoms with van der Waals surface area (Å²) >= 11 is 0. The molecule has 8 nitrogen and oxygen atoms in total. The highest BCUT2D eigenvalue weighted by atomic mass is 127. The number of hydrogen-bond acceptors (Lipinski definition) is 5. The van der Waals surface area contributed by atoms with Crippen molar-refractivity contribution in [1.82, 2.24) is 10.6 Å². The smallest absolute Gasteiger partial charge is 0.269 e. The Balaban J connectivity index is 0.00000320. The molecule has 0 saturated carbocycles. The second-order valence-electron chi connectivity index (χ2n) is 6.87. The maximum absolute atomic E-state index is 10.8. The topological polar surface area (TPSA) is 92.0 Å². The van der Waals surface area contributed by atoms with Crippen LogP contribution in [0.1, 0.15) is 18.9 Å². The molecule has 1 saturated heterocycles. The molecule has 0 bridgehead atoms. The number of nitro benzene ring substituents is 1. The third kappa shape index (κ3) is 6.22. The van der Waals surface area contributed by atoms with E-state index < -0.39 is 4.92 Å². The molecule has 0 spiro atoms.